The number of anilines is 1. The zero-order chi connectivity index (χ0) is 14.6. The van der Waals surface area contributed by atoms with Gasteiger partial charge >= 0.3 is 5.97 Å². The van der Waals surface area contributed by atoms with Crippen LogP contribution in [-0.2, 0) is 9.59 Å². The monoisotopic (exact) mass is 296 g/mol. The Morgan fingerprint density at radius 2 is 2.05 bits per heavy atom. The number of nitrogens with zero attached hydrogens (tertiary/aromatic N) is 1. The summed E-state index contributed by atoms with van der Waals surface area (Å²) >= 11 is 5.75. The fraction of sp³-hybridized carbons (Fsp3) is 0.500. The van der Waals surface area contributed by atoms with Crippen LogP contribution in [0.3, 0.4) is 0 Å². The summed E-state index contributed by atoms with van der Waals surface area (Å²) in [6.07, 6.45) is 5.37. The number of rotatable bonds is 5. The fourth-order valence-corrected chi connectivity index (χ4v) is 3.06. The summed E-state index contributed by atoms with van der Waals surface area (Å²) in [5, 5.41) is 12.1. The molecule has 0 radical (unpaired) electrons. The lowest BCUT2D eigenvalue weighted by Crippen LogP contribution is -2.27. The maximum Gasteiger partial charge on any atom is 0.303 e. The Morgan fingerprint density at radius 1 is 1.35 bits per heavy atom. The minimum atomic E-state index is -0.841. The number of hydrogen-bond acceptors (Lipinski definition) is 3. The van der Waals surface area contributed by atoms with Crippen molar-refractivity contribution in [2.75, 3.05) is 5.32 Å². The van der Waals surface area contributed by atoms with E-state index in [1.807, 2.05) is 0 Å². The number of carboxylic acid groups (broad SMARTS) is 1. The molecule has 6 heteroatoms. The van der Waals surface area contributed by atoms with Gasteiger partial charge in [-0.3, -0.25) is 9.59 Å². The van der Waals surface area contributed by atoms with Crippen LogP contribution in [-0.4, -0.2) is 22.0 Å². The molecule has 0 bridgehead atoms. The first-order chi connectivity index (χ1) is 9.49. The van der Waals surface area contributed by atoms with E-state index in [1.165, 1.54) is 6.20 Å². The molecule has 5 nitrogen and oxygen atoms in total. The molecule has 108 valence electrons. The number of aliphatic carboxylic acids is 1. The van der Waals surface area contributed by atoms with E-state index >= 15 is 0 Å². The lowest BCUT2D eigenvalue weighted by atomic mass is 9.79. The van der Waals surface area contributed by atoms with Crippen LogP contribution >= 0.6 is 11.6 Å². The molecule has 0 spiro atoms. The smallest absolute Gasteiger partial charge is 0.303 e. The molecule has 0 atom stereocenters. The average Bonchev–Trinajstić information content (AvgIpc) is 2.75. The topological polar surface area (TPSA) is 79.3 Å². The van der Waals surface area contributed by atoms with Crippen molar-refractivity contribution in [3.8, 4) is 0 Å². The molecular formula is C14H17ClN2O3. The van der Waals surface area contributed by atoms with Crippen LogP contribution < -0.4 is 5.32 Å². The third-order valence-corrected chi connectivity index (χ3v) is 3.94. The Balaban J connectivity index is 2.00. The van der Waals surface area contributed by atoms with Crippen molar-refractivity contribution >= 4 is 29.2 Å². The van der Waals surface area contributed by atoms with E-state index in [0.29, 0.717) is 10.8 Å². The van der Waals surface area contributed by atoms with E-state index in [9.17, 15) is 9.59 Å². The second-order valence-electron chi connectivity index (χ2n) is 5.37. The van der Waals surface area contributed by atoms with Crippen LogP contribution in [0.1, 0.15) is 38.5 Å². The van der Waals surface area contributed by atoms with Gasteiger partial charge in [0.25, 0.3) is 0 Å². The molecule has 0 saturated heterocycles. The maximum absolute atomic E-state index is 12.1. The van der Waals surface area contributed by atoms with Gasteiger partial charge in [-0.25, -0.2) is 4.98 Å². The number of pyridine rings is 1. The predicted molar refractivity (Wildman–Crippen MR) is 75.6 cm³/mol. The van der Waals surface area contributed by atoms with E-state index in [1.54, 1.807) is 12.1 Å². The van der Waals surface area contributed by atoms with Crippen molar-refractivity contribution < 1.29 is 14.7 Å². The number of amides is 1. The highest BCUT2D eigenvalue weighted by Crippen LogP contribution is 2.44. The number of carboxylic acids is 1. The summed E-state index contributed by atoms with van der Waals surface area (Å²) in [5.74, 6) is -1.01. The third kappa shape index (κ3) is 3.93. The second-order valence-corrected chi connectivity index (χ2v) is 5.76. The summed E-state index contributed by atoms with van der Waals surface area (Å²) < 4.78 is 0. The maximum atomic E-state index is 12.1. The number of carbonyl (C=O) groups is 2. The zero-order valence-corrected chi connectivity index (χ0v) is 11.8. The van der Waals surface area contributed by atoms with Gasteiger partial charge in [-0.2, -0.15) is 0 Å². The molecule has 0 aliphatic heterocycles. The second kappa shape index (κ2) is 6.22. The van der Waals surface area contributed by atoms with Gasteiger partial charge in [0, 0.05) is 18.3 Å². The third-order valence-electron chi connectivity index (χ3n) is 3.74. The van der Waals surface area contributed by atoms with Gasteiger partial charge in [-0.15, -0.1) is 0 Å². The highest BCUT2D eigenvalue weighted by atomic mass is 35.5. The summed E-state index contributed by atoms with van der Waals surface area (Å²) in [5.41, 5.74) is 0.186. The van der Waals surface area contributed by atoms with Crippen LogP contribution in [0.25, 0.3) is 0 Å². The van der Waals surface area contributed by atoms with Gasteiger partial charge in [0.2, 0.25) is 5.91 Å². The van der Waals surface area contributed by atoms with Crippen molar-refractivity contribution in [1.29, 1.82) is 0 Å². The molecule has 2 rings (SSSR count). The van der Waals surface area contributed by atoms with E-state index in [0.717, 1.165) is 25.7 Å². The van der Waals surface area contributed by atoms with E-state index in [-0.39, 0.29) is 18.7 Å². The van der Waals surface area contributed by atoms with Crippen molar-refractivity contribution in [1.82, 2.24) is 4.98 Å². The molecule has 1 aliphatic carbocycles. The number of carbonyl (C=O) groups excluding carboxylic acids is 1. The standard InChI is InChI=1S/C14H17ClN2O3/c15-11-7-10(3-6-16-11)17-12(18)8-14(9-13(19)20)4-1-2-5-14/h3,6-7H,1-2,4-5,8-9H2,(H,19,20)(H,16,17,18). The first kappa shape index (κ1) is 14.8. The highest BCUT2D eigenvalue weighted by Gasteiger charge is 2.37. The molecule has 1 aliphatic rings. The first-order valence-electron chi connectivity index (χ1n) is 6.62. The van der Waals surface area contributed by atoms with E-state index in [4.69, 9.17) is 16.7 Å². The summed E-state index contributed by atoms with van der Waals surface area (Å²) in [4.78, 5) is 26.9. The van der Waals surface area contributed by atoms with Crippen LogP contribution in [0.5, 0.6) is 0 Å². The van der Waals surface area contributed by atoms with E-state index in [2.05, 4.69) is 10.3 Å². The van der Waals surface area contributed by atoms with Crippen molar-refractivity contribution in [3.05, 3.63) is 23.5 Å². The van der Waals surface area contributed by atoms with Gasteiger partial charge in [0.1, 0.15) is 5.15 Å². The van der Waals surface area contributed by atoms with Crippen molar-refractivity contribution in [2.45, 2.75) is 38.5 Å². The largest absolute Gasteiger partial charge is 0.481 e. The first-order valence-corrected chi connectivity index (χ1v) is 7.00. The van der Waals surface area contributed by atoms with Gasteiger partial charge < -0.3 is 10.4 Å². The van der Waals surface area contributed by atoms with Crippen LogP contribution in [0, 0.1) is 5.41 Å². The molecule has 1 heterocycles. The number of aromatic nitrogens is 1. The van der Waals surface area contributed by atoms with Gasteiger partial charge in [-0.1, -0.05) is 24.4 Å². The van der Waals surface area contributed by atoms with Crippen molar-refractivity contribution in [2.24, 2.45) is 5.41 Å². The molecule has 1 aromatic heterocycles. The molecule has 0 aromatic carbocycles. The van der Waals surface area contributed by atoms with Gasteiger partial charge in [0.15, 0.2) is 0 Å². The van der Waals surface area contributed by atoms with Crippen LogP contribution in [0.15, 0.2) is 18.3 Å². The molecule has 1 aromatic rings. The SMILES string of the molecule is O=C(O)CC1(CC(=O)Nc2ccnc(Cl)c2)CCCC1. The lowest BCUT2D eigenvalue weighted by Gasteiger charge is -2.26. The Labute approximate surface area is 122 Å². The summed E-state index contributed by atoms with van der Waals surface area (Å²) in [6, 6.07) is 3.22. The minimum Gasteiger partial charge on any atom is -0.481 e. The molecule has 20 heavy (non-hydrogen) atoms. The van der Waals surface area contributed by atoms with Crippen molar-refractivity contribution in [3.63, 3.8) is 0 Å². The van der Waals surface area contributed by atoms with E-state index < -0.39 is 11.4 Å². The van der Waals surface area contributed by atoms with Crippen LogP contribution in [0.4, 0.5) is 5.69 Å². The van der Waals surface area contributed by atoms with Gasteiger partial charge in [-0.05, 0) is 30.4 Å². The van der Waals surface area contributed by atoms with Crippen LogP contribution in [0.2, 0.25) is 5.15 Å². The number of nitrogens with one attached hydrogen (secondary N) is 1. The number of hydrogen-bond donors (Lipinski definition) is 2. The normalized spacial score (nSPS) is 16.9. The molecule has 1 saturated carbocycles. The fourth-order valence-electron chi connectivity index (χ4n) is 2.89. The molecule has 1 amide bonds. The Morgan fingerprint density at radius 3 is 2.65 bits per heavy atom. The van der Waals surface area contributed by atoms with Gasteiger partial charge in [0.05, 0.1) is 6.42 Å². The Kier molecular flexibility index (Phi) is 4.60. The lowest BCUT2D eigenvalue weighted by molar-refractivity contribution is -0.140. The quantitative estimate of drug-likeness (QED) is 0.818. The molecule has 2 N–H and O–H groups in total. The summed E-state index contributed by atoms with van der Waals surface area (Å²) in [7, 11) is 0. The highest BCUT2D eigenvalue weighted by molar-refractivity contribution is 6.29. The Hall–Kier alpha value is -1.62. The minimum absolute atomic E-state index is 0.0531. The zero-order valence-electron chi connectivity index (χ0n) is 11.1. The predicted octanol–water partition coefficient (Wildman–Crippen LogP) is 3.10. The molecule has 0 unspecified atom stereocenters. The summed E-state index contributed by atoms with van der Waals surface area (Å²) in [6.45, 7) is 0. The number of halogens is 1. The Bertz CT molecular complexity index is 513. The average molecular weight is 297 g/mol. The molecular weight excluding hydrogens is 280 g/mol. The molecule has 1 fully saturated rings.